The Balaban J connectivity index is 1.53. The van der Waals surface area contributed by atoms with Crippen molar-refractivity contribution in [1.82, 2.24) is 4.90 Å². The summed E-state index contributed by atoms with van der Waals surface area (Å²) in [5.74, 6) is 1.22. The minimum absolute atomic E-state index is 0.00213. The molecule has 1 heterocycles. The van der Waals surface area contributed by atoms with Gasteiger partial charge in [0.15, 0.2) is 18.1 Å². The van der Waals surface area contributed by atoms with E-state index in [1.165, 1.54) is 5.69 Å². The average molecular weight is 366 g/mol. The van der Waals surface area contributed by atoms with Gasteiger partial charge in [-0.3, -0.25) is 4.79 Å². The minimum Gasteiger partial charge on any atom is -0.493 e. The molecule has 5 heteroatoms. The molecule has 2 aromatic rings. The predicted molar refractivity (Wildman–Crippen MR) is 108 cm³/mol. The molecule has 0 aromatic heterocycles. The Morgan fingerprint density at radius 3 is 2.44 bits per heavy atom. The lowest BCUT2D eigenvalue weighted by Crippen LogP contribution is -2.50. The summed E-state index contributed by atoms with van der Waals surface area (Å²) in [4.78, 5) is 16.7. The maximum atomic E-state index is 12.5. The zero-order valence-corrected chi connectivity index (χ0v) is 15.9. The van der Waals surface area contributed by atoms with Crippen LogP contribution in [0.2, 0.25) is 0 Å². The number of allylic oxidation sites excluding steroid dienone is 1. The highest BCUT2D eigenvalue weighted by atomic mass is 16.5. The second-order valence-electron chi connectivity index (χ2n) is 6.40. The van der Waals surface area contributed by atoms with Crippen molar-refractivity contribution in [3.8, 4) is 11.5 Å². The Morgan fingerprint density at radius 2 is 1.78 bits per heavy atom. The van der Waals surface area contributed by atoms with Crippen LogP contribution in [0.25, 0.3) is 6.08 Å². The van der Waals surface area contributed by atoms with E-state index in [-0.39, 0.29) is 12.5 Å². The van der Waals surface area contributed by atoms with Gasteiger partial charge in [0, 0.05) is 31.9 Å². The third kappa shape index (κ3) is 4.82. The zero-order valence-electron chi connectivity index (χ0n) is 15.9. The summed E-state index contributed by atoms with van der Waals surface area (Å²) in [6.07, 6.45) is 3.96. The number of carbonyl (C=O) groups is 1. The molecule has 0 spiro atoms. The van der Waals surface area contributed by atoms with Gasteiger partial charge in [-0.2, -0.15) is 0 Å². The van der Waals surface area contributed by atoms with E-state index >= 15 is 0 Å². The molecule has 1 amide bonds. The van der Waals surface area contributed by atoms with Crippen molar-refractivity contribution in [3.63, 3.8) is 0 Å². The number of hydrogen-bond donors (Lipinski definition) is 0. The second kappa shape index (κ2) is 9.12. The number of rotatable bonds is 6. The van der Waals surface area contributed by atoms with Crippen molar-refractivity contribution >= 4 is 17.7 Å². The first kappa shape index (κ1) is 18.8. The molecule has 0 atom stereocenters. The molecular weight excluding hydrogens is 340 g/mol. The van der Waals surface area contributed by atoms with E-state index in [9.17, 15) is 4.79 Å². The van der Waals surface area contributed by atoms with Gasteiger partial charge in [-0.15, -0.1) is 0 Å². The van der Waals surface area contributed by atoms with Crippen LogP contribution in [0.15, 0.2) is 54.6 Å². The number of amides is 1. The Bertz CT molecular complexity index is 781. The highest BCUT2D eigenvalue weighted by Crippen LogP contribution is 2.28. The summed E-state index contributed by atoms with van der Waals surface area (Å²) in [6.45, 7) is 5.05. The summed E-state index contributed by atoms with van der Waals surface area (Å²) in [6, 6.07) is 16.0. The lowest BCUT2D eigenvalue weighted by molar-refractivity contribution is -0.133. The molecule has 1 saturated heterocycles. The van der Waals surface area contributed by atoms with Crippen molar-refractivity contribution < 1.29 is 14.3 Å². The lowest BCUT2D eigenvalue weighted by atomic mass is 10.2. The molecule has 3 rings (SSSR count). The molecule has 1 aliphatic rings. The normalized spacial score (nSPS) is 14.4. The van der Waals surface area contributed by atoms with Crippen LogP contribution in [-0.4, -0.2) is 50.7 Å². The molecule has 0 aliphatic carbocycles. The number of methoxy groups -OCH3 is 1. The summed E-state index contributed by atoms with van der Waals surface area (Å²) in [7, 11) is 1.60. The SMILES string of the molecule is C/C=C/c1ccc(OCC(=O)N2CCN(c3ccccc3)CC2)c(OC)c1. The Hall–Kier alpha value is -2.95. The van der Waals surface area contributed by atoms with Crippen molar-refractivity contribution in [2.45, 2.75) is 6.92 Å². The van der Waals surface area contributed by atoms with Gasteiger partial charge in [-0.1, -0.05) is 36.4 Å². The van der Waals surface area contributed by atoms with Crippen molar-refractivity contribution in [1.29, 1.82) is 0 Å². The van der Waals surface area contributed by atoms with E-state index in [1.54, 1.807) is 7.11 Å². The molecule has 27 heavy (non-hydrogen) atoms. The number of benzene rings is 2. The first-order chi connectivity index (χ1) is 13.2. The molecule has 2 aromatic carbocycles. The fourth-order valence-corrected chi connectivity index (χ4v) is 3.18. The van der Waals surface area contributed by atoms with Gasteiger partial charge in [-0.25, -0.2) is 0 Å². The molecule has 1 fully saturated rings. The third-order valence-electron chi connectivity index (χ3n) is 4.65. The van der Waals surface area contributed by atoms with Crippen molar-refractivity contribution in [3.05, 3.63) is 60.2 Å². The molecule has 1 aliphatic heterocycles. The minimum atomic E-state index is 0.00213. The molecule has 0 saturated carbocycles. The fraction of sp³-hybridized carbons (Fsp3) is 0.318. The number of carbonyl (C=O) groups excluding carboxylic acids is 1. The van der Waals surface area contributed by atoms with Crippen LogP contribution >= 0.6 is 0 Å². The van der Waals surface area contributed by atoms with Gasteiger partial charge in [0.2, 0.25) is 0 Å². The maximum Gasteiger partial charge on any atom is 0.260 e. The first-order valence-electron chi connectivity index (χ1n) is 9.22. The van der Waals surface area contributed by atoms with Gasteiger partial charge < -0.3 is 19.3 Å². The molecule has 0 N–H and O–H groups in total. The summed E-state index contributed by atoms with van der Waals surface area (Å²) in [5, 5.41) is 0. The standard InChI is InChI=1S/C22H26N2O3/c1-3-7-18-10-11-20(21(16-18)26-2)27-17-22(25)24-14-12-23(13-15-24)19-8-5-4-6-9-19/h3-11,16H,12-15,17H2,1-2H3/b7-3+. The summed E-state index contributed by atoms with van der Waals surface area (Å²) < 4.78 is 11.1. The number of nitrogens with zero attached hydrogens (tertiary/aromatic N) is 2. The number of hydrogen-bond acceptors (Lipinski definition) is 4. The van der Waals surface area contributed by atoms with E-state index < -0.39 is 0 Å². The Morgan fingerprint density at radius 1 is 1.04 bits per heavy atom. The van der Waals surface area contributed by atoms with E-state index in [2.05, 4.69) is 17.0 Å². The van der Waals surface area contributed by atoms with Gasteiger partial charge in [0.25, 0.3) is 5.91 Å². The Kier molecular flexibility index (Phi) is 6.36. The smallest absolute Gasteiger partial charge is 0.260 e. The number of ether oxygens (including phenoxy) is 2. The van der Waals surface area contributed by atoms with Crippen LogP contribution in [0, 0.1) is 0 Å². The highest BCUT2D eigenvalue weighted by Gasteiger charge is 2.21. The van der Waals surface area contributed by atoms with Crippen LogP contribution < -0.4 is 14.4 Å². The number of para-hydroxylation sites is 1. The molecule has 142 valence electrons. The maximum absolute atomic E-state index is 12.5. The van der Waals surface area contributed by atoms with Gasteiger partial charge in [-0.05, 0) is 36.8 Å². The molecule has 5 nitrogen and oxygen atoms in total. The van der Waals surface area contributed by atoms with Crippen LogP contribution in [0.1, 0.15) is 12.5 Å². The van der Waals surface area contributed by atoms with E-state index in [1.807, 2.05) is 60.4 Å². The summed E-state index contributed by atoms with van der Waals surface area (Å²) >= 11 is 0. The van der Waals surface area contributed by atoms with Crippen LogP contribution in [0.4, 0.5) is 5.69 Å². The van der Waals surface area contributed by atoms with Gasteiger partial charge in [0.1, 0.15) is 0 Å². The first-order valence-corrected chi connectivity index (χ1v) is 9.22. The summed E-state index contributed by atoms with van der Waals surface area (Å²) in [5.41, 5.74) is 2.23. The Labute approximate surface area is 160 Å². The second-order valence-corrected chi connectivity index (χ2v) is 6.40. The number of anilines is 1. The molecule has 0 unspecified atom stereocenters. The van der Waals surface area contributed by atoms with Crippen LogP contribution in [0.5, 0.6) is 11.5 Å². The van der Waals surface area contributed by atoms with Gasteiger partial charge >= 0.3 is 0 Å². The van der Waals surface area contributed by atoms with E-state index in [4.69, 9.17) is 9.47 Å². The van der Waals surface area contributed by atoms with E-state index in [0.29, 0.717) is 24.6 Å². The zero-order chi connectivity index (χ0) is 19.1. The van der Waals surface area contributed by atoms with Crippen LogP contribution in [-0.2, 0) is 4.79 Å². The van der Waals surface area contributed by atoms with Gasteiger partial charge in [0.05, 0.1) is 7.11 Å². The molecule has 0 radical (unpaired) electrons. The largest absolute Gasteiger partial charge is 0.493 e. The lowest BCUT2D eigenvalue weighted by Gasteiger charge is -2.36. The molecular formula is C22H26N2O3. The monoisotopic (exact) mass is 366 g/mol. The predicted octanol–water partition coefficient (Wildman–Crippen LogP) is 3.46. The third-order valence-corrected chi connectivity index (χ3v) is 4.65. The number of piperazine rings is 1. The van der Waals surface area contributed by atoms with Crippen molar-refractivity contribution in [2.75, 3.05) is 44.8 Å². The topological polar surface area (TPSA) is 42.0 Å². The highest BCUT2D eigenvalue weighted by molar-refractivity contribution is 5.78. The fourth-order valence-electron chi connectivity index (χ4n) is 3.18. The average Bonchev–Trinajstić information content (AvgIpc) is 2.73. The molecule has 0 bridgehead atoms. The quantitative estimate of drug-likeness (QED) is 0.785. The van der Waals surface area contributed by atoms with Crippen molar-refractivity contribution in [2.24, 2.45) is 0 Å². The van der Waals surface area contributed by atoms with Crippen LogP contribution in [0.3, 0.4) is 0 Å². The van der Waals surface area contributed by atoms with E-state index in [0.717, 1.165) is 18.7 Å².